The summed E-state index contributed by atoms with van der Waals surface area (Å²) in [7, 11) is 0. The van der Waals surface area contributed by atoms with Crippen LogP contribution in [0.15, 0.2) is 53.0 Å². The highest BCUT2D eigenvalue weighted by atomic mass is 79.9. The molecule has 1 aliphatic heterocycles. The van der Waals surface area contributed by atoms with Gasteiger partial charge in [-0.05, 0) is 35.8 Å². The summed E-state index contributed by atoms with van der Waals surface area (Å²) in [5.74, 6) is -1.23. The lowest BCUT2D eigenvalue weighted by Gasteiger charge is -2.06. The number of hydrogen-bond donors (Lipinski definition) is 3. The lowest BCUT2D eigenvalue weighted by molar-refractivity contribution is -0.110. The zero-order valence-electron chi connectivity index (χ0n) is 15.9. The molecule has 1 amide bonds. The third-order valence-corrected chi connectivity index (χ3v) is 5.46. The highest BCUT2D eigenvalue weighted by Gasteiger charge is 2.28. The standard InChI is InChI=1S/C23H19BrN2O3/c1-12(2)21-20(23(28)29)19(13-6-4-3-5-7-13)18(25-21)11-16-15-10-14(24)8-9-17(15)26-22(16)27/h3-12,25H,1-2H3,(H,26,27)(H,28,29)/b16-11-. The zero-order valence-corrected chi connectivity index (χ0v) is 17.5. The fourth-order valence-corrected chi connectivity index (χ4v) is 4.02. The Bertz CT molecular complexity index is 1160. The highest BCUT2D eigenvalue weighted by Crippen LogP contribution is 2.39. The summed E-state index contributed by atoms with van der Waals surface area (Å²) >= 11 is 3.45. The third-order valence-electron chi connectivity index (χ3n) is 4.96. The maximum Gasteiger partial charge on any atom is 0.338 e. The lowest BCUT2D eigenvalue weighted by atomic mass is 9.96. The number of rotatable bonds is 4. The van der Waals surface area contributed by atoms with Crippen LogP contribution < -0.4 is 5.32 Å². The van der Waals surface area contributed by atoms with Gasteiger partial charge < -0.3 is 15.4 Å². The van der Waals surface area contributed by atoms with Crippen molar-refractivity contribution < 1.29 is 14.7 Å². The number of benzene rings is 2. The lowest BCUT2D eigenvalue weighted by Crippen LogP contribution is -2.04. The monoisotopic (exact) mass is 450 g/mol. The van der Waals surface area contributed by atoms with Gasteiger partial charge in [-0.25, -0.2) is 4.79 Å². The van der Waals surface area contributed by atoms with Crippen LogP contribution in [0.4, 0.5) is 5.69 Å². The van der Waals surface area contributed by atoms with E-state index in [1.54, 1.807) is 6.08 Å². The van der Waals surface area contributed by atoms with Crippen molar-refractivity contribution in [2.45, 2.75) is 19.8 Å². The highest BCUT2D eigenvalue weighted by molar-refractivity contribution is 9.10. The number of carboxylic acid groups (broad SMARTS) is 1. The van der Waals surface area contributed by atoms with Gasteiger partial charge in [-0.15, -0.1) is 0 Å². The molecule has 3 aromatic rings. The smallest absolute Gasteiger partial charge is 0.338 e. The zero-order chi connectivity index (χ0) is 20.7. The van der Waals surface area contributed by atoms with Crippen LogP contribution in [0.25, 0.3) is 22.8 Å². The molecule has 2 heterocycles. The molecule has 146 valence electrons. The summed E-state index contributed by atoms with van der Waals surface area (Å²) in [4.78, 5) is 28.1. The van der Waals surface area contributed by atoms with Crippen LogP contribution in [0.1, 0.15) is 47.1 Å². The van der Waals surface area contributed by atoms with Crippen molar-refractivity contribution in [3.05, 3.63) is 75.5 Å². The van der Waals surface area contributed by atoms with Crippen molar-refractivity contribution >= 4 is 45.1 Å². The fourth-order valence-electron chi connectivity index (χ4n) is 3.66. The van der Waals surface area contributed by atoms with Crippen LogP contribution >= 0.6 is 15.9 Å². The summed E-state index contributed by atoms with van der Waals surface area (Å²) in [6.07, 6.45) is 1.74. The molecule has 0 fully saturated rings. The van der Waals surface area contributed by atoms with E-state index in [1.807, 2.05) is 62.4 Å². The first kappa shape index (κ1) is 19.2. The number of amides is 1. The van der Waals surface area contributed by atoms with E-state index in [0.717, 1.165) is 21.3 Å². The number of H-pyrrole nitrogens is 1. The molecule has 0 unspecified atom stereocenters. The molecule has 5 nitrogen and oxygen atoms in total. The Morgan fingerprint density at radius 3 is 2.52 bits per heavy atom. The number of anilines is 1. The SMILES string of the molecule is CC(C)c1[nH]c(/C=C2\C(=O)Nc3ccc(Br)cc32)c(-c2ccccc2)c1C(=O)O. The van der Waals surface area contributed by atoms with E-state index in [0.29, 0.717) is 22.5 Å². The number of aromatic carboxylic acids is 1. The van der Waals surface area contributed by atoms with Gasteiger partial charge in [-0.3, -0.25) is 4.79 Å². The number of carbonyl (C=O) groups excluding carboxylic acids is 1. The first-order chi connectivity index (χ1) is 13.9. The van der Waals surface area contributed by atoms with Crippen LogP contribution in [-0.2, 0) is 4.79 Å². The third kappa shape index (κ3) is 3.40. The Balaban J connectivity index is 1.99. The number of hydrogen-bond acceptors (Lipinski definition) is 2. The maximum atomic E-state index is 12.6. The number of carbonyl (C=O) groups is 2. The number of aromatic nitrogens is 1. The molecule has 0 aliphatic carbocycles. The van der Waals surface area contributed by atoms with Crippen LogP contribution in [0, 0.1) is 0 Å². The molecule has 2 aromatic carbocycles. The van der Waals surface area contributed by atoms with Gasteiger partial charge >= 0.3 is 5.97 Å². The van der Waals surface area contributed by atoms with Crippen molar-refractivity contribution in [3.8, 4) is 11.1 Å². The van der Waals surface area contributed by atoms with Crippen molar-refractivity contribution in [3.63, 3.8) is 0 Å². The molecule has 29 heavy (non-hydrogen) atoms. The summed E-state index contributed by atoms with van der Waals surface area (Å²) < 4.78 is 0.863. The second kappa shape index (κ2) is 7.37. The minimum absolute atomic E-state index is 0.0189. The van der Waals surface area contributed by atoms with Gasteiger partial charge in [0.15, 0.2) is 0 Å². The van der Waals surface area contributed by atoms with E-state index in [9.17, 15) is 14.7 Å². The fraction of sp³-hybridized carbons (Fsp3) is 0.130. The van der Waals surface area contributed by atoms with Crippen LogP contribution in [0.3, 0.4) is 0 Å². The van der Waals surface area contributed by atoms with E-state index in [2.05, 4.69) is 26.2 Å². The average molecular weight is 451 g/mol. The Kier molecular flexibility index (Phi) is 4.88. The second-order valence-corrected chi connectivity index (χ2v) is 8.15. The molecule has 3 N–H and O–H groups in total. The summed E-state index contributed by atoms with van der Waals surface area (Å²) in [6, 6.07) is 15.0. The Morgan fingerprint density at radius 1 is 1.14 bits per heavy atom. The Hall–Kier alpha value is -3.12. The molecule has 6 heteroatoms. The molecule has 0 bridgehead atoms. The number of aromatic amines is 1. The largest absolute Gasteiger partial charge is 0.478 e. The van der Waals surface area contributed by atoms with Crippen molar-refractivity contribution in [2.75, 3.05) is 5.32 Å². The van der Waals surface area contributed by atoms with Gasteiger partial charge in [-0.2, -0.15) is 0 Å². The van der Waals surface area contributed by atoms with Crippen LogP contribution in [0.5, 0.6) is 0 Å². The predicted molar refractivity (Wildman–Crippen MR) is 118 cm³/mol. The molecular formula is C23H19BrN2O3. The number of halogens is 1. The van der Waals surface area contributed by atoms with Gasteiger partial charge in [0.25, 0.3) is 5.91 Å². The van der Waals surface area contributed by atoms with Crippen molar-refractivity contribution in [1.82, 2.24) is 4.98 Å². The number of carboxylic acids is 1. The predicted octanol–water partition coefficient (Wildman–Crippen LogP) is 5.76. The Morgan fingerprint density at radius 2 is 1.86 bits per heavy atom. The van der Waals surface area contributed by atoms with Crippen LogP contribution in [-0.4, -0.2) is 22.0 Å². The topological polar surface area (TPSA) is 82.2 Å². The average Bonchev–Trinajstić information content (AvgIpc) is 3.21. The van der Waals surface area contributed by atoms with E-state index >= 15 is 0 Å². The molecule has 0 radical (unpaired) electrons. The summed E-state index contributed by atoms with van der Waals surface area (Å²) in [6.45, 7) is 3.89. The molecular weight excluding hydrogens is 432 g/mol. The van der Waals surface area contributed by atoms with Crippen molar-refractivity contribution in [1.29, 1.82) is 0 Å². The first-order valence-electron chi connectivity index (χ1n) is 9.24. The Labute approximate surface area is 176 Å². The van der Waals surface area contributed by atoms with Gasteiger partial charge in [0.1, 0.15) is 0 Å². The molecule has 1 aromatic heterocycles. The van der Waals surface area contributed by atoms with E-state index in [4.69, 9.17) is 0 Å². The number of fused-ring (bicyclic) bond motifs is 1. The van der Waals surface area contributed by atoms with E-state index in [1.165, 1.54) is 0 Å². The molecule has 1 aliphatic rings. The van der Waals surface area contributed by atoms with Gasteiger partial charge in [0, 0.05) is 32.7 Å². The normalized spacial score (nSPS) is 14.3. The molecule has 0 spiro atoms. The minimum atomic E-state index is -0.993. The minimum Gasteiger partial charge on any atom is -0.478 e. The second-order valence-electron chi connectivity index (χ2n) is 7.23. The maximum absolute atomic E-state index is 12.6. The van der Waals surface area contributed by atoms with Gasteiger partial charge in [0.2, 0.25) is 0 Å². The molecule has 0 saturated heterocycles. The van der Waals surface area contributed by atoms with Gasteiger partial charge in [0.05, 0.1) is 11.1 Å². The molecule has 0 atom stereocenters. The summed E-state index contributed by atoms with van der Waals surface area (Å²) in [5.41, 5.74) is 4.86. The molecule has 0 saturated carbocycles. The molecule has 4 rings (SSSR count). The number of nitrogens with one attached hydrogen (secondary N) is 2. The van der Waals surface area contributed by atoms with E-state index in [-0.39, 0.29) is 17.4 Å². The van der Waals surface area contributed by atoms with Crippen molar-refractivity contribution in [2.24, 2.45) is 0 Å². The van der Waals surface area contributed by atoms with Gasteiger partial charge in [-0.1, -0.05) is 60.1 Å². The summed E-state index contributed by atoms with van der Waals surface area (Å²) in [5, 5.41) is 12.8. The quantitative estimate of drug-likeness (QED) is 0.441. The van der Waals surface area contributed by atoms with E-state index < -0.39 is 5.97 Å². The van der Waals surface area contributed by atoms with Crippen LogP contribution in [0.2, 0.25) is 0 Å². The first-order valence-corrected chi connectivity index (χ1v) is 10.0.